The van der Waals surface area contributed by atoms with E-state index in [0.29, 0.717) is 24.0 Å². The lowest BCUT2D eigenvalue weighted by Crippen LogP contribution is -2.53. The van der Waals surface area contributed by atoms with Crippen molar-refractivity contribution in [2.45, 2.75) is 65.2 Å². The summed E-state index contributed by atoms with van der Waals surface area (Å²) in [6, 6.07) is 0. The SMILES string of the molecule is C[C@]1(CC(=O)O)[C@H](CC(=O)O)CC[C@@H]2[C@H]1CC[C@]1(C)C(=O)CC[C@H]21. The van der Waals surface area contributed by atoms with Gasteiger partial charge in [0.2, 0.25) is 0 Å². The maximum atomic E-state index is 12.4. The highest BCUT2D eigenvalue weighted by Crippen LogP contribution is 2.64. The molecule has 0 aliphatic heterocycles. The van der Waals surface area contributed by atoms with Crippen LogP contribution in [0.5, 0.6) is 0 Å². The van der Waals surface area contributed by atoms with Gasteiger partial charge in [0.15, 0.2) is 0 Å². The molecule has 134 valence electrons. The Morgan fingerprint density at radius 2 is 1.75 bits per heavy atom. The van der Waals surface area contributed by atoms with Crippen molar-refractivity contribution in [3.05, 3.63) is 0 Å². The highest BCUT2D eigenvalue weighted by Gasteiger charge is 2.60. The van der Waals surface area contributed by atoms with E-state index in [9.17, 15) is 24.6 Å². The van der Waals surface area contributed by atoms with Crippen molar-refractivity contribution >= 4 is 17.7 Å². The van der Waals surface area contributed by atoms with Gasteiger partial charge in [-0.2, -0.15) is 0 Å². The van der Waals surface area contributed by atoms with Crippen molar-refractivity contribution < 1.29 is 24.6 Å². The molecular weight excluding hydrogens is 308 g/mol. The van der Waals surface area contributed by atoms with Gasteiger partial charge in [-0.05, 0) is 61.2 Å². The predicted molar refractivity (Wildman–Crippen MR) is 87.4 cm³/mol. The number of Topliss-reactive ketones (excluding diaryl/α,β-unsaturated/α-hetero) is 1. The quantitative estimate of drug-likeness (QED) is 0.821. The summed E-state index contributed by atoms with van der Waals surface area (Å²) in [7, 11) is 0. The Labute approximate surface area is 142 Å². The summed E-state index contributed by atoms with van der Waals surface area (Å²) in [6.07, 6.45) is 5.03. The van der Waals surface area contributed by atoms with Crippen molar-refractivity contribution in [1.29, 1.82) is 0 Å². The van der Waals surface area contributed by atoms with E-state index in [2.05, 4.69) is 6.92 Å². The van der Waals surface area contributed by atoms with Crippen LogP contribution in [-0.2, 0) is 14.4 Å². The minimum atomic E-state index is -0.843. The molecular formula is C19H28O5. The standard InChI is InChI=1S/C19H28O5/c1-18-8-7-14-12(13(18)5-6-15(18)20)4-3-11(9-16(21)22)19(14,2)10-17(23)24/h11-14H,3-10H2,1-2H3,(H,21,22)(H,23,24)/t11-,12-,13+,14+,18-,19-/m0/s1. The number of carbonyl (C=O) groups excluding carboxylic acids is 1. The van der Waals surface area contributed by atoms with Crippen LogP contribution in [0.1, 0.15) is 65.2 Å². The van der Waals surface area contributed by atoms with Crippen molar-refractivity contribution in [3.8, 4) is 0 Å². The minimum Gasteiger partial charge on any atom is -0.481 e. The number of carboxylic acids is 2. The molecule has 0 unspecified atom stereocenters. The molecule has 0 amide bonds. The lowest BCUT2D eigenvalue weighted by atomic mass is 9.46. The summed E-state index contributed by atoms with van der Waals surface area (Å²) < 4.78 is 0. The molecule has 3 aliphatic carbocycles. The van der Waals surface area contributed by atoms with E-state index >= 15 is 0 Å². The number of ketones is 1. The van der Waals surface area contributed by atoms with Crippen molar-refractivity contribution in [3.63, 3.8) is 0 Å². The fourth-order valence-electron chi connectivity index (χ4n) is 6.45. The smallest absolute Gasteiger partial charge is 0.303 e. The average Bonchev–Trinajstić information content (AvgIpc) is 2.77. The Bertz CT molecular complexity index is 570. The van der Waals surface area contributed by atoms with Gasteiger partial charge in [-0.25, -0.2) is 0 Å². The summed E-state index contributed by atoms with van der Waals surface area (Å²) in [5, 5.41) is 18.7. The van der Waals surface area contributed by atoms with Gasteiger partial charge in [-0.15, -0.1) is 0 Å². The number of fused-ring (bicyclic) bond motifs is 3. The average molecular weight is 336 g/mol. The molecule has 0 bridgehead atoms. The Balaban J connectivity index is 1.92. The van der Waals surface area contributed by atoms with Crippen LogP contribution in [0.25, 0.3) is 0 Å². The minimum absolute atomic E-state index is 0.0312. The topological polar surface area (TPSA) is 91.7 Å². The first kappa shape index (κ1) is 17.4. The first-order valence-electron chi connectivity index (χ1n) is 9.15. The van der Waals surface area contributed by atoms with Crippen LogP contribution in [0.3, 0.4) is 0 Å². The molecule has 3 aliphatic rings. The molecule has 5 nitrogen and oxygen atoms in total. The molecule has 0 aromatic heterocycles. The fraction of sp³-hybridized carbons (Fsp3) is 0.842. The van der Waals surface area contributed by atoms with Crippen LogP contribution in [0.15, 0.2) is 0 Å². The third-order valence-electron chi connectivity index (χ3n) is 7.73. The Morgan fingerprint density at radius 3 is 2.38 bits per heavy atom. The zero-order valence-corrected chi connectivity index (χ0v) is 14.6. The number of hydrogen-bond donors (Lipinski definition) is 2. The van der Waals surface area contributed by atoms with Gasteiger partial charge in [-0.3, -0.25) is 14.4 Å². The van der Waals surface area contributed by atoms with E-state index in [4.69, 9.17) is 0 Å². The van der Waals surface area contributed by atoms with Crippen molar-refractivity contribution in [2.24, 2.45) is 34.5 Å². The second-order valence-electron chi connectivity index (χ2n) is 8.74. The zero-order valence-electron chi connectivity index (χ0n) is 14.6. The van der Waals surface area contributed by atoms with E-state index in [1.807, 2.05) is 6.92 Å². The fourth-order valence-corrected chi connectivity index (χ4v) is 6.45. The van der Waals surface area contributed by atoms with Gasteiger partial charge in [0, 0.05) is 18.3 Å². The third kappa shape index (κ3) is 2.56. The maximum Gasteiger partial charge on any atom is 0.303 e. The van der Waals surface area contributed by atoms with Crippen LogP contribution >= 0.6 is 0 Å². The monoisotopic (exact) mass is 336 g/mol. The maximum absolute atomic E-state index is 12.4. The molecule has 0 radical (unpaired) electrons. The summed E-state index contributed by atoms with van der Waals surface area (Å²) in [6.45, 7) is 4.09. The lowest BCUT2D eigenvalue weighted by Gasteiger charge is -2.57. The normalized spacial score (nSPS) is 44.7. The Hall–Kier alpha value is -1.39. The first-order chi connectivity index (χ1) is 11.2. The van der Waals surface area contributed by atoms with E-state index in [0.717, 1.165) is 32.1 Å². The molecule has 6 atom stereocenters. The van der Waals surface area contributed by atoms with Crippen molar-refractivity contribution in [1.82, 2.24) is 0 Å². The summed E-state index contributed by atoms with van der Waals surface area (Å²) >= 11 is 0. The van der Waals surface area contributed by atoms with Gasteiger partial charge in [-0.1, -0.05) is 13.8 Å². The highest BCUT2D eigenvalue weighted by atomic mass is 16.4. The van der Waals surface area contributed by atoms with Gasteiger partial charge >= 0.3 is 11.9 Å². The Morgan fingerprint density at radius 1 is 1.04 bits per heavy atom. The zero-order chi connectivity index (χ0) is 17.7. The third-order valence-corrected chi connectivity index (χ3v) is 7.73. The molecule has 3 fully saturated rings. The van der Waals surface area contributed by atoms with Crippen molar-refractivity contribution in [2.75, 3.05) is 0 Å². The molecule has 0 saturated heterocycles. The molecule has 3 saturated carbocycles. The Kier molecular flexibility index (Phi) is 4.25. The van der Waals surface area contributed by atoms with Crippen LogP contribution in [0, 0.1) is 34.5 Å². The van der Waals surface area contributed by atoms with E-state index < -0.39 is 17.4 Å². The number of rotatable bonds is 4. The van der Waals surface area contributed by atoms with E-state index in [1.165, 1.54) is 0 Å². The largest absolute Gasteiger partial charge is 0.481 e. The number of hydrogen-bond acceptors (Lipinski definition) is 3. The first-order valence-corrected chi connectivity index (χ1v) is 9.15. The van der Waals surface area contributed by atoms with Crippen LogP contribution < -0.4 is 0 Å². The van der Waals surface area contributed by atoms with Gasteiger partial charge in [0.1, 0.15) is 5.78 Å². The van der Waals surface area contributed by atoms with Gasteiger partial charge in [0.25, 0.3) is 0 Å². The van der Waals surface area contributed by atoms with Crippen LogP contribution in [0.2, 0.25) is 0 Å². The van der Waals surface area contributed by atoms with Crippen LogP contribution in [0.4, 0.5) is 0 Å². The molecule has 5 heteroatoms. The summed E-state index contributed by atoms with van der Waals surface area (Å²) in [5.41, 5.74) is -0.717. The summed E-state index contributed by atoms with van der Waals surface area (Å²) in [4.78, 5) is 35.2. The number of aliphatic carboxylic acids is 2. The van der Waals surface area contributed by atoms with E-state index in [1.54, 1.807) is 0 Å². The van der Waals surface area contributed by atoms with Gasteiger partial charge in [0.05, 0.1) is 6.42 Å². The molecule has 2 N–H and O–H groups in total. The second kappa shape index (κ2) is 5.85. The molecule has 0 aromatic rings. The molecule has 24 heavy (non-hydrogen) atoms. The van der Waals surface area contributed by atoms with Gasteiger partial charge < -0.3 is 10.2 Å². The van der Waals surface area contributed by atoms with E-state index in [-0.39, 0.29) is 30.1 Å². The summed E-state index contributed by atoms with van der Waals surface area (Å²) in [5.74, 6) is -0.466. The lowest BCUT2D eigenvalue weighted by molar-refractivity contribution is -0.156. The highest BCUT2D eigenvalue weighted by molar-refractivity contribution is 5.87. The molecule has 0 aromatic carbocycles. The number of carboxylic acid groups (broad SMARTS) is 2. The number of carbonyl (C=O) groups is 3. The molecule has 0 heterocycles. The second-order valence-corrected chi connectivity index (χ2v) is 8.74. The predicted octanol–water partition coefficient (Wildman–Crippen LogP) is 3.36. The molecule has 3 rings (SSSR count). The molecule has 0 spiro atoms. The van der Waals surface area contributed by atoms with Crippen LogP contribution in [-0.4, -0.2) is 27.9 Å².